The highest BCUT2D eigenvalue weighted by Gasteiger charge is 2.29. The number of ether oxygens (including phenoxy) is 1. The molecule has 1 N–H and O–H groups in total. The summed E-state index contributed by atoms with van der Waals surface area (Å²) in [5.74, 6) is -0.228. The van der Waals surface area contributed by atoms with Gasteiger partial charge in [-0.25, -0.2) is 0 Å². The van der Waals surface area contributed by atoms with Crippen molar-refractivity contribution >= 4 is 24.1 Å². The van der Waals surface area contributed by atoms with E-state index in [1.54, 1.807) is 11.0 Å². The molecule has 0 aromatic heterocycles. The van der Waals surface area contributed by atoms with E-state index >= 15 is 0 Å². The maximum absolute atomic E-state index is 12.1. The van der Waals surface area contributed by atoms with Crippen LogP contribution in [-0.4, -0.2) is 58.7 Å². The molecule has 0 spiro atoms. The second kappa shape index (κ2) is 7.83. The Bertz CT molecular complexity index is 687. The fourth-order valence-corrected chi connectivity index (χ4v) is 4.14. The minimum Gasteiger partial charge on any atom is -0.482 e. The Morgan fingerprint density at radius 2 is 1.96 bits per heavy atom. The summed E-state index contributed by atoms with van der Waals surface area (Å²) in [5.41, 5.74) is 0. The van der Waals surface area contributed by atoms with Crippen LogP contribution in [0.25, 0.3) is 0 Å². The minimum absolute atomic E-state index is 0.00663. The molecular weight excluding hydrogens is 343 g/mol. The summed E-state index contributed by atoms with van der Waals surface area (Å²) in [5, 5.41) is 3.13. The highest BCUT2D eigenvalue weighted by Crippen LogP contribution is 2.31. The summed E-state index contributed by atoms with van der Waals surface area (Å²) < 4.78 is 44.9. The fourth-order valence-electron chi connectivity index (χ4n) is 2.10. The molecule has 1 aromatic rings. The molecule has 1 saturated heterocycles. The molecule has 0 radical (unpaired) electrons. The number of hydrogen-bond donors (Lipinski definition) is 1. The number of piperazine rings is 1. The summed E-state index contributed by atoms with van der Waals surface area (Å²) in [6.45, 7) is 3.47. The molecule has 1 aliphatic rings. The van der Waals surface area contributed by atoms with E-state index in [-0.39, 0.29) is 23.2 Å². The van der Waals surface area contributed by atoms with Crippen LogP contribution in [0.3, 0.4) is 0 Å². The first-order chi connectivity index (χ1) is 10.9. The van der Waals surface area contributed by atoms with Gasteiger partial charge < -0.3 is 15.0 Å². The van der Waals surface area contributed by atoms with Gasteiger partial charge in [-0.2, -0.15) is 8.42 Å². The van der Waals surface area contributed by atoms with Crippen LogP contribution in [0.1, 0.15) is 0 Å². The molecule has 8 nitrogen and oxygen atoms in total. The lowest BCUT2D eigenvalue weighted by Gasteiger charge is -2.27. The van der Waals surface area contributed by atoms with Crippen molar-refractivity contribution in [3.05, 3.63) is 24.3 Å². The second-order valence-corrected chi connectivity index (χ2v) is 7.66. The van der Waals surface area contributed by atoms with Gasteiger partial charge in [0.2, 0.25) is 0 Å². The highest BCUT2D eigenvalue weighted by molar-refractivity contribution is 7.90. The van der Waals surface area contributed by atoms with Crippen molar-refractivity contribution in [2.45, 2.75) is 4.90 Å². The van der Waals surface area contributed by atoms with Gasteiger partial charge in [-0.15, -0.1) is 0 Å². The first-order valence-electron chi connectivity index (χ1n) is 6.96. The third kappa shape index (κ3) is 4.97. The van der Waals surface area contributed by atoms with Crippen LogP contribution in [0.5, 0.6) is 5.75 Å². The molecule has 23 heavy (non-hydrogen) atoms. The van der Waals surface area contributed by atoms with E-state index in [0.29, 0.717) is 26.2 Å². The molecule has 1 unspecified atom stereocenters. The topological polar surface area (TPSA) is 102 Å². The van der Waals surface area contributed by atoms with Gasteiger partial charge in [-0.1, -0.05) is 12.1 Å². The van der Waals surface area contributed by atoms with Crippen molar-refractivity contribution in [2.24, 2.45) is 0 Å². The molecule has 2 rings (SSSR count). The summed E-state index contributed by atoms with van der Waals surface area (Å²) >= 11 is 0. The highest BCUT2D eigenvalue weighted by atomic mass is 32.2. The van der Waals surface area contributed by atoms with Crippen LogP contribution in [0.2, 0.25) is 0 Å². The average molecular weight is 361 g/mol. The van der Waals surface area contributed by atoms with Gasteiger partial charge in [-0.3, -0.25) is 4.79 Å². The van der Waals surface area contributed by atoms with Gasteiger partial charge in [-0.05, 0) is 20.7 Å². The lowest BCUT2D eigenvalue weighted by atomic mass is 10.3. The Morgan fingerprint density at radius 3 is 2.61 bits per heavy atom. The van der Waals surface area contributed by atoms with Crippen LogP contribution < -0.4 is 10.1 Å². The first kappa shape index (κ1) is 17.8. The van der Waals surface area contributed by atoms with Crippen LogP contribution in [-0.2, 0) is 23.4 Å². The zero-order valence-corrected chi connectivity index (χ0v) is 14.3. The third-order valence-electron chi connectivity index (χ3n) is 3.14. The second-order valence-electron chi connectivity index (χ2n) is 4.83. The molecule has 0 aliphatic carbocycles. The molecule has 1 aromatic carbocycles. The molecule has 1 fully saturated rings. The number of carbonyl (C=O) groups is 1. The number of amides is 1. The number of nitrogens with zero attached hydrogens (tertiary/aromatic N) is 1. The number of carbonyl (C=O) groups excluding carboxylic acids is 1. The first-order valence-corrected chi connectivity index (χ1v) is 9.99. The molecule has 1 atom stereocenters. The Kier molecular flexibility index (Phi) is 6.06. The number of para-hydroxylation sites is 1. The van der Waals surface area contributed by atoms with E-state index in [2.05, 4.69) is 9.29 Å². The van der Waals surface area contributed by atoms with Crippen molar-refractivity contribution < 1.29 is 26.5 Å². The van der Waals surface area contributed by atoms with Gasteiger partial charge in [0, 0.05) is 26.2 Å². The van der Waals surface area contributed by atoms with Crippen molar-refractivity contribution in [3.63, 3.8) is 0 Å². The van der Waals surface area contributed by atoms with Gasteiger partial charge >= 0.3 is 18.1 Å². The molecular formula is C13H18N2O6PS+. The van der Waals surface area contributed by atoms with E-state index in [1.165, 1.54) is 18.2 Å². The van der Waals surface area contributed by atoms with Crippen LogP contribution in [0, 0.1) is 0 Å². The van der Waals surface area contributed by atoms with Crippen molar-refractivity contribution in [2.75, 3.05) is 39.5 Å². The van der Waals surface area contributed by atoms with Crippen LogP contribution in [0.4, 0.5) is 0 Å². The average Bonchev–Trinajstić information content (AvgIpc) is 2.52. The Hall–Kier alpha value is -1.54. The third-order valence-corrected chi connectivity index (χ3v) is 5.64. The summed E-state index contributed by atoms with van der Waals surface area (Å²) in [4.78, 5) is 13.5. The fraction of sp³-hybridized carbons (Fsp3) is 0.462. The van der Waals surface area contributed by atoms with E-state index in [9.17, 15) is 17.8 Å². The maximum Gasteiger partial charge on any atom is 0.522 e. The van der Waals surface area contributed by atoms with E-state index in [0.717, 1.165) is 6.66 Å². The monoisotopic (exact) mass is 361 g/mol. The van der Waals surface area contributed by atoms with Gasteiger partial charge in [0.05, 0.1) is 0 Å². The maximum atomic E-state index is 12.1. The van der Waals surface area contributed by atoms with Crippen molar-refractivity contribution in [1.29, 1.82) is 0 Å². The molecule has 1 amide bonds. The summed E-state index contributed by atoms with van der Waals surface area (Å²) in [7, 11) is -6.54. The number of rotatable bonds is 6. The lowest BCUT2D eigenvalue weighted by Crippen LogP contribution is -2.47. The van der Waals surface area contributed by atoms with E-state index < -0.39 is 18.1 Å². The number of nitrogens with one attached hydrogen (secondary N) is 1. The Morgan fingerprint density at radius 1 is 1.30 bits per heavy atom. The Balaban J connectivity index is 2.08. The van der Waals surface area contributed by atoms with Crippen LogP contribution >= 0.6 is 8.03 Å². The zero-order valence-electron chi connectivity index (χ0n) is 12.6. The summed E-state index contributed by atoms with van der Waals surface area (Å²) in [6.07, 6.45) is 0. The van der Waals surface area contributed by atoms with Crippen molar-refractivity contribution in [3.8, 4) is 5.75 Å². The predicted octanol–water partition coefficient (Wildman–Crippen LogP) is 0.575. The molecule has 0 saturated carbocycles. The molecule has 1 heterocycles. The minimum atomic E-state index is -4.21. The Labute approximate surface area is 135 Å². The SMILES string of the molecule is C[P+](=O)OS(=O)(=O)c1ccccc1OCC(=O)N1CCNCC1. The largest absolute Gasteiger partial charge is 0.522 e. The van der Waals surface area contributed by atoms with E-state index in [4.69, 9.17) is 4.74 Å². The number of benzene rings is 1. The number of hydrogen-bond acceptors (Lipinski definition) is 7. The van der Waals surface area contributed by atoms with Crippen molar-refractivity contribution in [1.82, 2.24) is 10.2 Å². The molecule has 10 heteroatoms. The van der Waals surface area contributed by atoms with Crippen LogP contribution in [0.15, 0.2) is 29.2 Å². The molecule has 0 bridgehead atoms. The smallest absolute Gasteiger partial charge is 0.482 e. The zero-order chi connectivity index (χ0) is 16.9. The van der Waals surface area contributed by atoms with Gasteiger partial charge in [0.1, 0.15) is 10.6 Å². The van der Waals surface area contributed by atoms with Gasteiger partial charge in [0.25, 0.3) is 5.91 Å². The predicted molar refractivity (Wildman–Crippen MR) is 83.2 cm³/mol. The quantitative estimate of drug-likeness (QED) is 0.739. The molecule has 126 valence electrons. The van der Waals surface area contributed by atoms with Gasteiger partial charge in [0.15, 0.2) is 13.3 Å². The molecule has 1 aliphatic heterocycles. The standard InChI is InChI=1S/C13H18N2O6PS/c1-22(17)21-23(18,19)12-5-3-2-4-11(12)20-10-13(16)15-8-6-14-7-9-15/h2-5,14H,6-10H2,1H3/q+1. The van der Waals surface area contributed by atoms with E-state index in [1.807, 2.05) is 0 Å². The summed E-state index contributed by atoms with van der Waals surface area (Å²) in [6, 6.07) is 5.77. The normalized spacial score (nSPS) is 16.0. The lowest BCUT2D eigenvalue weighted by molar-refractivity contribution is -0.133.